The Kier molecular flexibility index (Phi) is 5.96. The van der Waals surface area contributed by atoms with Crippen molar-refractivity contribution >= 4 is 96.7 Å². The highest BCUT2D eigenvalue weighted by atomic mass is 32.1. The lowest BCUT2D eigenvalue weighted by Gasteiger charge is -2.12. The molecule has 0 aliphatic heterocycles. The lowest BCUT2D eigenvalue weighted by atomic mass is 9.95. The number of fused-ring (bicyclic) bond motifs is 14. The van der Waals surface area contributed by atoms with Crippen molar-refractivity contribution in [3.8, 4) is 22.5 Å². The van der Waals surface area contributed by atoms with E-state index >= 15 is 0 Å². The first-order valence-electron chi connectivity index (χ1n) is 18.2. The van der Waals surface area contributed by atoms with Crippen LogP contribution in [0.4, 0.5) is 0 Å². The van der Waals surface area contributed by atoms with Crippen molar-refractivity contribution in [1.29, 1.82) is 0 Å². The van der Waals surface area contributed by atoms with Crippen LogP contribution in [0, 0.1) is 0 Å². The van der Waals surface area contributed by atoms with Crippen molar-refractivity contribution < 1.29 is 0 Å². The molecule has 0 spiro atoms. The molecule has 0 bridgehead atoms. The van der Waals surface area contributed by atoms with Crippen LogP contribution in [0.25, 0.3) is 108 Å². The quantitative estimate of drug-likeness (QED) is 0.175. The summed E-state index contributed by atoms with van der Waals surface area (Å²) in [5.41, 5.74) is 9.73. The van der Waals surface area contributed by atoms with Crippen LogP contribution in [0.1, 0.15) is 0 Å². The number of hydrogen-bond donors (Lipinski definition) is 0. The summed E-state index contributed by atoms with van der Waals surface area (Å²) < 4.78 is 7.59. The summed E-state index contributed by atoms with van der Waals surface area (Å²) in [6.45, 7) is 0. The number of hydrogen-bond acceptors (Lipinski definition) is 1. The molecule has 0 atom stereocenters. The Morgan fingerprint density at radius 2 is 1.00 bits per heavy atom. The first kappa shape index (κ1) is 29.0. The highest BCUT2D eigenvalue weighted by Gasteiger charge is 2.23. The summed E-state index contributed by atoms with van der Waals surface area (Å²) in [6, 6.07) is 67.1. The van der Waals surface area contributed by atoms with Crippen LogP contribution < -0.4 is 0 Å². The van der Waals surface area contributed by atoms with Crippen LogP contribution in [0.3, 0.4) is 0 Å². The molecule has 246 valence electrons. The topological polar surface area (TPSA) is 9.86 Å². The third-order valence-electron chi connectivity index (χ3n) is 11.3. The maximum Gasteiger partial charge on any atom is 0.0726 e. The van der Waals surface area contributed by atoms with E-state index in [2.05, 4.69) is 191 Å². The molecule has 0 aliphatic carbocycles. The first-order chi connectivity index (χ1) is 26.3. The second kappa shape index (κ2) is 10.9. The highest BCUT2D eigenvalue weighted by molar-refractivity contribution is 7.27. The van der Waals surface area contributed by atoms with Gasteiger partial charge in [-0.1, -0.05) is 127 Å². The predicted molar refractivity (Wildman–Crippen MR) is 228 cm³/mol. The lowest BCUT2D eigenvalue weighted by Crippen LogP contribution is -1.96. The molecule has 53 heavy (non-hydrogen) atoms. The average Bonchev–Trinajstić information content (AvgIpc) is 3.89. The van der Waals surface area contributed by atoms with Crippen molar-refractivity contribution in [2.24, 2.45) is 0 Å². The summed E-state index contributed by atoms with van der Waals surface area (Å²) in [6.07, 6.45) is 0. The molecule has 0 saturated carbocycles. The van der Waals surface area contributed by atoms with E-state index in [1.807, 2.05) is 11.3 Å². The standard InChI is InChI=1S/C50H30N2S/c1-2-15-33(16-3-1)51-43-23-10-8-18-37(43)41-30-34(26-28-44(41)51)52-45-27-25-32(36-22-12-14-31-13-4-5-17-35(31)36)29-42(45)47-38-19-6-7-20-39(38)48-40-21-9-11-24-46(40)53-50(48)49(47)52/h1-30H. The van der Waals surface area contributed by atoms with Gasteiger partial charge in [0.05, 0.1) is 26.8 Å². The zero-order valence-electron chi connectivity index (χ0n) is 28.6. The van der Waals surface area contributed by atoms with Gasteiger partial charge in [0.1, 0.15) is 0 Å². The van der Waals surface area contributed by atoms with Crippen LogP contribution >= 0.6 is 11.3 Å². The van der Waals surface area contributed by atoms with Gasteiger partial charge in [-0.15, -0.1) is 11.3 Å². The van der Waals surface area contributed by atoms with E-state index in [9.17, 15) is 0 Å². The largest absolute Gasteiger partial charge is 0.309 e. The minimum Gasteiger partial charge on any atom is -0.309 e. The third-order valence-corrected chi connectivity index (χ3v) is 12.5. The molecule has 0 amide bonds. The number of para-hydroxylation sites is 2. The van der Waals surface area contributed by atoms with Crippen molar-refractivity contribution in [3.63, 3.8) is 0 Å². The summed E-state index contributed by atoms with van der Waals surface area (Å²) in [4.78, 5) is 0. The van der Waals surface area contributed by atoms with Crippen molar-refractivity contribution in [3.05, 3.63) is 182 Å². The molecular weight excluding hydrogens is 661 g/mol. The van der Waals surface area contributed by atoms with Gasteiger partial charge in [0.2, 0.25) is 0 Å². The molecule has 0 fully saturated rings. The van der Waals surface area contributed by atoms with Crippen molar-refractivity contribution in [2.75, 3.05) is 0 Å². The van der Waals surface area contributed by atoms with Crippen LogP contribution in [-0.4, -0.2) is 9.13 Å². The fraction of sp³-hybridized carbons (Fsp3) is 0. The van der Waals surface area contributed by atoms with Crippen molar-refractivity contribution in [1.82, 2.24) is 9.13 Å². The van der Waals surface area contributed by atoms with E-state index < -0.39 is 0 Å². The number of thiophene rings is 1. The second-order valence-corrected chi connectivity index (χ2v) is 15.1. The van der Waals surface area contributed by atoms with E-state index in [-0.39, 0.29) is 0 Å². The fourth-order valence-corrected chi connectivity index (χ4v) is 10.3. The monoisotopic (exact) mass is 690 g/mol. The number of nitrogens with zero attached hydrogens (tertiary/aromatic N) is 2. The second-order valence-electron chi connectivity index (χ2n) is 14.1. The minimum atomic E-state index is 1.17. The van der Waals surface area contributed by atoms with Crippen LogP contribution in [0.5, 0.6) is 0 Å². The number of aromatic nitrogens is 2. The van der Waals surface area contributed by atoms with Gasteiger partial charge in [-0.25, -0.2) is 0 Å². The van der Waals surface area contributed by atoms with Gasteiger partial charge >= 0.3 is 0 Å². The molecule has 0 N–H and O–H groups in total. The maximum atomic E-state index is 2.55. The average molecular weight is 691 g/mol. The Labute approximate surface area is 309 Å². The molecule has 3 heteroatoms. The third kappa shape index (κ3) is 4.03. The predicted octanol–water partition coefficient (Wildman–Crippen LogP) is 14.2. The maximum absolute atomic E-state index is 2.55. The van der Waals surface area contributed by atoms with Gasteiger partial charge in [0, 0.05) is 48.4 Å². The van der Waals surface area contributed by atoms with Crippen molar-refractivity contribution in [2.45, 2.75) is 0 Å². The lowest BCUT2D eigenvalue weighted by molar-refractivity contribution is 1.17. The van der Waals surface area contributed by atoms with E-state index in [1.165, 1.54) is 108 Å². The Bertz CT molecular complexity index is 3450. The van der Waals surface area contributed by atoms with Gasteiger partial charge in [-0.2, -0.15) is 0 Å². The van der Waals surface area contributed by atoms with Crippen LogP contribution in [-0.2, 0) is 0 Å². The van der Waals surface area contributed by atoms with Gasteiger partial charge in [-0.3, -0.25) is 0 Å². The van der Waals surface area contributed by atoms with Gasteiger partial charge in [-0.05, 0) is 87.3 Å². The molecule has 3 aromatic heterocycles. The first-order valence-corrected chi connectivity index (χ1v) is 19.0. The molecule has 12 aromatic rings. The van der Waals surface area contributed by atoms with E-state index in [1.54, 1.807) is 0 Å². The number of rotatable bonds is 3. The summed E-state index contributed by atoms with van der Waals surface area (Å²) in [7, 11) is 0. The normalized spacial score (nSPS) is 12.2. The Morgan fingerprint density at radius 1 is 0.358 bits per heavy atom. The van der Waals surface area contributed by atoms with Gasteiger partial charge < -0.3 is 9.13 Å². The van der Waals surface area contributed by atoms with Crippen LogP contribution in [0.2, 0.25) is 0 Å². The molecule has 0 saturated heterocycles. The molecule has 3 heterocycles. The SMILES string of the molecule is c1ccc(-n2c3ccccc3c3cc(-n4c5ccc(-c6cccc7ccccc67)cc5c5c6ccccc6c6c7ccccc7sc6c54)ccc32)cc1. The summed E-state index contributed by atoms with van der Waals surface area (Å²) in [5.74, 6) is 0. The molecule has 2 nitrogen and oxygen atoms in total. The Balaban J connectivity index is 1.25. The molecule has 0 aliphatic rings. The van der Waals surface area contributed by atoms with Crippen LogP contribution in [0.15, 0.2) is 182 Å². The number of benzene rings is 9. The molecule has 9 aromatic carbocycles. The summed E-state index contributed by atoms with van der Waals surface area (Å²) >= 11 is 1.92. The van der Waals surface area contributed by atoms with E-state index in [4.69, 9.17) is 0 Å². The minimum absolute atomic E-state index is 1.17. The van der Waals surface area contributed by atoms with Gasteiger partial charge in [0.15, 0.2) is 0 Å². The molecule has 0 radical (unpaired) electrons. The zero-order chi connectivity index (χ0) is 34.6. The highest BCUT2D eigenvalue weighted by Crippen LogP contribution is 2.49. The fourth-order valence-electron chi connectivity index (χ4n) is 9.05. The van der Waals surface area contributed by atoms with Gasteiger partial charge in [0.25, 0.3) is 0 Å². The molecule has 0 unspecified atom stereocenters. The Hall–Kier alpha value is -6.68. The zero-order valence-corrected chi connectivity index (χ0v) is 29.4. The molecular formula is C50H30N2S. The Morgan fingerprint density at radius 3 is 1.87 bits per heavy atom. The smallest absolute Gasteiger partial charge is 0.0726 e. The molecule has 12 rings (SSSR count). The van der Waals surface area contributed by atoms with E-state index in [0.717, 1.165) is 0 Å². The summed E-state index contributed by atoms with van der Waals surface area (Å²) in [5, 5.41) is 12.9. The van der Waals surface area contributed by atoms with E-state index in [0.29, 0.717) is 0 Å².